The lowest BCUT2D eigenvalue weighted by Crippen LogP contribution is -2.38. The van der Waals surface area contributed by atoms with Crippen molar-refractivity contribution in [3.05, 3.63) is 0 Å². The molecule has 0 rings (SSSR count). The zero-order valence-corrected chi connectivity index (χ0v) is 9.58. The summed E-state index contributed by atoms with van der Waals surface area (Å²) in [5, 5.41) is 21.6. The van der Waals surface area contributed by atoms with Crippen LogP contribution in [0.2, 0.25) is 0 Å². The molecule has 0 aromatic carbocycles. The first-order valence-electron chi connectivity index (χ1n) is 4.22. The van der Waals surface area contributed by atoms with Gasteiger partial charge in [-0.25, -0.2) is 19.2 Å². The average molecular weight is 251 g/mol. The molecule has 0 aliphatic rings. The van der Waals surface area contributed by atoms with Gasteiger partial charge in [0.1, 0.15) is 0 Å². The molecule has 0 aromatic rings. The minimum atomic E-state index is -4.51. The summed E-state index contributed by atoms with van der Waals surface area (Å²) in [7, 11) is -3.43. The number of hydrogen-bond donors (Lipinski definition) is 4. The molecule has 0 heterocycles. The fraction of sp³-hybridized carbons (Fsp3) is 0.429. The van der Waals surface area contributed by atoms with Gasteiger partial charge in [-0.3, -0.25) is 0 Å². The number of carbonyl (C=O) groups excluding carboxylic acids is 2. The molecular formula is C7H12N2O6P+. The van der Waals surface area contributed by atoms with E-state index in [0.29, 0.717) is 0 Å². The second-order valence-corrected chi connectivity index (χ2v) is 5.55. The third-order valence-corrected chi connectivity index (χ3v) is 4.47. The highest BCUT2D eigenvalue weighted by Crippen LogP contribution is 2.61. The molecule has 90 valence electrons. The summed E-state index contributed by atoms with van der Waals surface area (Å²) < 4.78 is 0. The molecule has 0 aliphatic heterocycles. The van der Waals surface area contributed by atoms with E-state index in [4.69, 9.17) is 10.2 Å². The first kappa shape index (κ1) is 14.3. The highest BCUT2D eigenvalue weighted by atomic mass is 31.2. The first-order valence-corrected chi connectivity index (χ1v) is 6.01. The summed E-state index contributed by atoms with van der Waals surface area (Å²) in [6.45, 7) is 1.53. The minimum Gasteiger partial charge on any atom is -0.450 e. The Morgan fingerprint density at radius 3 is 1.75 bits per heavy atom. The fourth-order valence-electron chi connectivity index (χ4n) is 0.959. The molecule has 16 heavy (non-hydrogen) atoms. The molecule has 0 aromatic heterocycles. The van der Waals surface area contributed by atoms with Crippen LogP contribution >= 0.6 is 7.26 Å². The van der Waals surface area contributed by atoms with Gasteiger partial charge in [0.2, 0.25) is 0 Å². The molecular weight excluding hydrogens is 239 g/mol. The smallest absolute Gasteiger partial charge is 0.450 e. The maximum atomic E-state index is 11.5. The summed E-state index contributed by atoms with van der Waals surface area (Å²) in [5.41, 5.74) is -6.41. The number of amides is 2. The lowest BCUT2D eigenvalue weighted by atomic mass is 10.8. The van der Waals surface area contributed by atoms with Crippen LogP contribution in [0.3, 0.4) is 0 Å². The van der Waals surface area contributed by atoms with E-state index < -0.39 is 30.0 Å². The van der Waals surface area contributed by atoms with E-state index >= 15 is 0 Å². The minimum absolute atomic E-state index is 0.0398. The quantitative estimate of drug-likeness (QED) is 0.546. The second kappa shape index (κ2) is 5.41. The Bertz CT molecular complexity index is 328. The number of nitrogens with one attached hydrogen (secondary N) is 2. The summed E-state index contributed by atoms with van der Waals surface area (Å²) in [6, 6.07) is 0. The zero-order chi connectivity index (χ0) is 12.9. The van der Waals surface area contributed by atoms with Gasteiger partial charge in [-0.15, -0.1) is 0 Å². The van der Waals surface area contributed by atoms with Crippen molar-refractivity contribution in [2.24, 2.45) is 0 Å². The Balaban J connectivity index is 5.63. The summed E-state index contributed by atoms with van der Waals surface area (Å²) in [4.78, 5) is 44.7. The van der Waals surface area contributed by atoms with E-state index in [0.717, 1.165) is 7.05 Å². The Kier molecular flexibility index (Phi) is 4.84. The topological polar surface area (TPSA) is 133 Å². The van der Waals surface area contributed by atoms with Gasteiger partial charge in [0.15, 0.2) is 0 Å². The van der Waals surface area contributed by atoms with Crippen molar-refractivity contribution < 1.29 is 29.4 Å². The third kappa shape index (κ3) is 2.11. The van der Waals surface area contributed by atoms with Crippen LogP contribution in [0.4, 0.5) is 19.2 Å². The fourth-order valence-corrected chi connectivity index (χ4v) is 2.73. The summed E-state index contributed by atoms with van der Waals surface area (Å²) in [6.07, 6.45) is 0. The molecule has 8 nitrogen and oxygen atoms in total. The molecule has 0 unspecified atom stereocenters. The van der Waals surface area contributed by atoms with Crippen LogP contribution in [0.5, 0.6) is 0 Å². The average Bonchev–Trinajstić information content (AvgIpc) is 2.17. The molecule has 9 heteroatoms. The van der Waals surface area contributed by atoms with Gasteiger partial charge in [-0.2, -0.15) is 0 Å². The molecule has 4 N–H and O–H groups in total. The number of hydrogen-bond acceptors (Lipinski definition) is 4. The highest BCUT2D eigenvalue weighted by molar-refractivity contribution is 8.25. The van der Waals surface area contributed by atoms with Crippen molar-refractivity contribution in [1.82, 2.24) is 10.6 Å². The number of rotatable bonds is 5. The predicted molar refractivity (Wildman–Crippen MR) is 56.5 cm³/mol. The van der Waals surface area contributed by atoms with Gasteiger partial charge < -0.3 is 20.8 Å². The Hall–Kier alpha value is -1.69. The molecule has 0 radical (unpaired) electrons. The molecule has 0 saturated heterocycles. The Morgan fingerprint density at radius 1 is 1.06 bits per heavy atom. The van der Waals surface area contributed by atoms with Crippen LogP contribution < -0.4 is 10.6 Å². The lowest BCUT2D eigenvalue weighted by Gasteiger charge is -2.11. The van der Waals surface area contributed by atoms with E-state index in [1.807, 2.05) is 5.32 Å². The predicted octanol–water partition coefficient (Wildman–Crippen LogP) is 1.43. The van der Waals surface area contributed by atoms with Crippen molar-refractivity contribution in [3.8, 4) is 0 Å². The summed E-state index contributed by atoms with van der Waals surface area (Å²) >= 11 is 0. The van der Waals surface area contributed by atoms with Crippen molar-refractivity contribution >= 4 is 30.0 Å². The van der Waals surface area contributed by atoms with E-state index in [1.54, 1.807) is 0 Å². The Labute approximate surface area is 91.3 Å². The maximum Gasteiger partial charge on any atom is 0.482 e. The molecule has 0 aliphatic carbocycles. The van der Waals surface area contributed by atoms with Crippen LogP contribution in [-0.2, 0) is 0 Å². The molecule has 0 atom stereocenters. The van der Waals surface area contributed by atoms with E-state index in [1.165, 1.54) is 6.92 Å². The largest absolute Gasteiger partial charge is 0.482 e. The van der Waals surface area contributed by atoms with E-state index in [2.05, 4.69) is 5.32 Å². The van der Waals surface area contributed by atoms with Crippen LogP contribution in [0.25, 0.3) is 0 Å². The van der Waals surface area contributed by atoms with Gasteiger partial charge in [0.25, 0.3) is 0 Å². The monoisotopic (exact) mass is 251 g/mol. The van der Waals surface area contributed by atoms with Crippen LogP contribution in [0.15, 0.2) is 0 Å². The van der Waals surface area contributed by atoms with Gasteiger partial charge in [0.05, 0.1) is 0 Å². The standard InChI is InChI=1S/C7H11N2O6P/c1-3-9-5(11)16(6(12)13,7(14)15)4(10)8-2/h3H2,1-2H3,(H3-,8,9,10,11,12,13,14,15)/p+1. The van der Waals surface area contributed by atoms with Gasteiger partial charge in [-0.05, 0) is 6.92 Å². The first-order chi connectivity index (χ1) is 7.35. The van der Waals surface area contributed by atoms with Crippen LogP contribution in [-0.4, -0.2) is 46.5 Å². The van der Waals surface area contributed by atoms with Crippen molar-refractivity contribution in [2.75, 3.05) is 13.6 Å². The lowest BCUT2D eigenvalue weighted by molar-refractivity contribution is 0.212. The second-order valence-electron chi connectivity index (χ2n) is 2.63. The SMILES string of the molecule is CCNC(=O)[P+](C(=O)O)(C(=O)O)C(=O)NC. The maximum absolute atomic E-state index is 11.5. The van der Waals surface area contributed by atoms with Gasteiger partial charge >= 0.3 is 30.0 Å². The van der Waals surface area contributed by atoms with Gasteiger partial charge in [0, 0.05) is 13.6 Å². The van der Waals surface area contributed by atoms with Crippen LogP contribution in [0, 0.1) is 0 Å². The normalized spacial score (nSPS) is 10.4. The molecule has 2 amide bonds. The van der Waals surface area contributed by atoms with Crippen molar-refractivity contribution in [2.45, 2.75) is 6.92 Å². The highest BCUT2D eigenvalue weighted by Gasteiger charge is 2.72. The number of carbonyl (C=O) groups is 4. The van der Waals surface area contributed by atoms with Gasteiger partial charge in [-0.1, -0.05) is 0 Å². The third-order valence-electron chi connectivity index (χ3n) is 1.73. The van der Waals surface area contributed by atoms with Crippen LogP contribution in [0.1, 0.15) is 6.92 Å². The summed E-state index contributed by atoms with van der Waals surface area (Å²) in [5.74, 6) is 0. The molecule has 0 saturated carbocycles. The molecule has 0 spiro atoms. The van der Waals surface area contributed by atoms with Crippen molar-refractivity contribution in [3.63, 3.8) is 0 Å². The zero-order valence-electron chi connectivity index (χ0n) is 8.68. The number of carboxylic acid groups (broad SMARTS) is 2. The van der Waals surface area contributed by atoms with Crippen molar-refractivity contribution in [1.29, 1.82) is 0 Å². The van der Waals surface area contributed by atoms with E-state index in [9.17, 15) is 19.2 Å². The van der Waals surface area contributed by atoms with E-state index in [-0.39, 0.29) is 6.54 Å². The molecule has 0 fully saturated rings. The Morgan fingerprint density at radius 2 is 1.50 bits per heavy atom. The molecule has 0 bridgehead atoms.